The number of ether oxygens (including phenoxy) is 5. The van der Waals surface area contributed by atoms with Crippen LogP contribution in [0.5, 0.6) is 0 Å². The third-order valence-corrected chi connectivity index (χ3v) is 10.2. The molecule has 39 heavy (non-hydrogen) atoms. The molecule has 2 heterocycles. The Morgan fingerprint density at radius 2 is 1.95 bits per heavy atom. The molecule has 222 valence electrons. The Balaban J connectivity index is 1.42. The highest BCUT2D eigenvalue weighted by Gasteiger charge is 2.56. The molecular formula is C31H51NO7. The Labute approximate surface area is 234 Å². The van der Waals surface area contributed by atoms with Gasteiger partial charge in [0.1, 0.15) is 12.2 Å². The molecule has 4 N–H and O–H groups in total. The van der Waals surface area contributed by atoms with E-state index in [1.807, 2.05) is 0 Å². The summed E-state index contributed by atoms with van der Waals surface area (Å²) in [6.45, 7) is 11.2. The maximum atomic E-state index is 12.0. The second-order valence-corrected chi connectivity index (χ2v) is 13.1. The maximum Gasteiger partial charge on any atom is 0.185 e. The van der Waals surface area contributed by atoms with Crippen LogP contribution in [0.2, 0.25) is 0 Å². The zero-order chi connectivity index (χ0) is 27.9. The Bertz CT molecular complexity index is 921. The van der Waals surface area contributed by atoms with Gasteiger partial charge in [-0.1, -0.05) is 44.9 Å². The molecule has 2 aliphatic heterocycles. The van der Waals surface area contributed by atoms with Gasteiger partial charge in [-0.3, -0.25) is 0 Å². The molecule has 8 nitrogen and oxygen atoms in total. The third-order valence-electron chi connectivity index (χ3n) is 10.2. The van der Waals surface area contributed by atoms with E-state index in [0.717, 1.165) is 45.1 Å². The van der Waals surface area contributed by atoms with E-state index in [1.54, 1.807) is 7.11 Å². The number of aliphatic hydroxyl groups is 2. The molecule has 1 saturated carbocycles. The first-order valence-corrected chi connectivity index (χ1v) is 15.3. The quantitative estimate of drug-likeness (QED) is 0.280. The zero-order valence-corrected chi connectivity index (χ0v) is 24.5. The number of rotatable bonds is 10. The van der Waals surface area contributed by atoms with Gasteiger partial charge in [-0.15, -0.1) is 0 Å². The number of allylic oxidation sites excluding steroid dienone is 2. The summed E-state index contributed by atoms with van der Waals surface area (Å²) in [5.41, 5.74) is 9.39. The largest absolute Gasteiger partial charge is 0.390 e. The van der Waals surface area contributed by atoms with Gasteiger partial charge in [0.15, 0.2) is 12.6 Å². The van der Waals surface area contributed by atoms with Crippen LogP contribution in [0.15, 0.2) is 22.8 Å². The van der Waals surface area contributed by atoms with Gasteiger partial charge in [0.2, 0.25) is 0 Å². The molecule has 3 aliphatic carbocycles. The molecule has 0 radical (unpaired) electrons. The van der Waals surface area contributed by atoms with Crippen LogP contribution in [-0.4, -0.2) is 80.7 Å². The van der Waals surface area contributed by atoms with E-state index in [0.29, 0.717) is 37.5 Å². The minimum absolute atomic E-state index is 0.00849. The summed E-state index contributed by atoms with van der Waals surface area (Å²) < 4.78 is 30.4. The lowest BCUT2D eigenvalue weighted by molar-refractivity contribution is -0.224. The monoisotopic (exact) mass is 549 g/mol. The second-order valence-electron chi connectivity index (χ2n) is 13.1. The van der Waals surface area contributed by atoms with E-state index in [-0.39, 0.29) is 23.4 Å². The minimum atomic E-state index is -0.899. The fraction of sp³-hybridized carbons (Fsp3) is 0.871. The van der Waals surface area contributed by atoms with Crippen LogP contribution in [-0.2, 0) is 23.7 Å². The molecular weight excluding hydrogens is 498 g/mol. The van der Waals surface area contributed by atoms with E-state index in [9.17, 15) is 10.2 Å². The van der Waals surface area contributed by atoms with E-state index in [4.69, 9.17) is 29.4 Å². The fourth-order valence-corrected chi connectivity index (χ4v) is 8.07. The van der Waals surface area contributed by atoms with Gasteiger partial charge in [-0.05, 0) is 68.4 Å². The van der Waals surface area contributed by atoms with Crippen LogP contribution in [0, 0.1) is 35.0 Å². The van der Waals surface area contributed by atoms with Crippen molar-refractivity contribution in [2.45, 2.75) is 103 Å². The molecule has 0 amide bonds. The normalized spacial score (nSPS) is 45.2. The van der Waals surface area contributed by atoms with Crippen LogP contribution >= 0.6 is 0 Å². The molecule has 0 aromatic rings. The highest BCUT2D eigenvalue weighted by atomic mass is 16.7. The van der Waals surface area contributed by atoms with Gasteiger partial charge in [0, 0.05) is 25.0 Å². The SMILES string of the molecule is COC[C@H]1CC[C@@H]2/C1=C\[C@@]1(C)CCC(C(C)C)=C1[C@@H](O[C@H]1O[C@@H]3CO[C@@H](OCCCCN)C3C1O)[C@H](O)[C@@H]2C. The first kappa shape index (κ1) is 29.6. The van der Waals surface area contributed by atoms with Crippen molar-refractivity contribution in [3.8, 4) is 0 Å². The summed E-state index contributed by atoms with van der Waals surface area (Å²) >= 11 is 0. The average Bonchev–Trinajstić information content (AvgIpc) is 3.64. The first-order chi connectivity index (χ1) is 18.7. The van der Waals surface area contributed by atoms with E-state index in [2.05, 4.69) is 33.8 Å². The van der Waals surface area contributed by atoms with E-state index < -0.39 is 30.9 Å². The highest BCUT2D eigenvalue weighted by molar-refractivity contribution is 5.41. The van der Waals surface area contributed by atoms with Gasteiger partial charge in [-0.25, -0.2) is 0 Å². The van der Waals surface area contributed by atoms with E-state index >= 15 is 0 Å². The van der Waals surface area contributed by atoms with Crippen molar-refractivity contribution in [3.63, 3.8) is 0 Å². The highest BCUT2D eigenvalue weighted by Crippen LogP contribution is 2.56. The predicted molar refractivity (Wildman–Crippen MR) is 148 cm³/mol. The van der Waals surface area contributed by atoms with Crippen LogP contribution in [0.4, 0.5) is 0 Å². The summed E-state index contributed by atoms with van der Waals surface area (Å²) in [6, 6.07) is 0. The molecule has 0 aromatic carbocycles. The van der Waals surface area contributed by atoms with Crippen LogP contribution < -0.4 is 5.73 Å². The Kier molecular flexibility index (Phi) is 9.26. The Hall–Kier alpha value is -0.840. The van der Waals surface area contributed by atoms with E-state index in [1.165, 1.54) is 16.7 Å². The zero-order valence-electron chi connectivity index (χ0n) is 24.5. The van der Waals surface area contributed by atoms with Gasteiger partial charge in [0.25, 0.3) is 0 Å². The van der Waals surface area contributed by atoms with Crippen LogP contribution in [0.1, 0.15) is 66.2 Å². The first-order valence-electron chi connectivity index (χ1n) is 15.3. The van der Waals surface area contributed by atoms with Gasteiger partial charge < -0.3 is 39.6 Å². The number of aliphatic hydroxyl groups excluding tert-OH is 2. The van der Waals surface area contributed by atoms with Crippen molar-refractivity contribution < 1.29 is 33.9 Å². The molecule has 5 aliphatic rings. The topological polar surface area (TPSA) is 113 Å². The predicted octanol–water partition coefficient (Wildman–Crippen LogP) is 3.55. The minimum Gasteiger partial charge on any atom is -0.390 e. The van der Waals surface area contributed by atoms with Crippen molar-refractivity contribution in [1.82, 2.24) is 0 Å². The molecule has 3 fully saturated rings. The van der Waals surface area contributed by atoms with Crippen molar-refractivity contribution in [3.05, 3.63) is 22.8 Å². The fourth-order valence-electron chi connectivity index (χ4n) is 8.07. The summed E-state index contributed by atoms with van der Waals surface area (Å²) in [6.07, 6.45) is 4.54. The second kappa shape index (κ2) is 12.2. The molecule has 0 spiro atoms. The lowest BCUT2D eigenvalue weighted by atomic mass is 9.68. The lowest BCUT2D eigenvalue weighted by Crippen LogP contribution is -2.47. The van der Waals surface area contributed by atoms with Crippen LogP contribution in [0.3, 0.4) is 0 Å². The number of unbranched alkanes of at least 4 members (excludes halogenated alkanes) is 1. The summed E-state index contributed by atoms with van der Waals surface area (Å²) in [7, 11) is 1.78. The van der Waals surface area contributed by atoms with Crippen molar-refractivity contribution >= 4 is 0 Å². The Morgan fingerprint density at radius 3 is 2.67 bits per heavy atom. The van der Waals surface area contributed by atoms with Crippen molar-refractivity contribution in [1.29, 1.82) is 0 Å². The summed E-state index contributed by atoms with van der Waals surface area (Å²) in [4.78, 5) is 0. The number of fused-ring (bicyclic) bond motifs is 3. The molecule has 2 saturated heterocycles. The Morgan fingerprint density at radius 1 is 1.15 bits per heavy atom. The van der Waals surface area contributed by atoms with Gasteiger partial charge in [0.05, 0.1) is 31.3 Å². The standard InChI is InChI=1S/C31H51NO7/c1-17(2)20-10-11-31(4)14-22-19(15-35-5)8-9-21(22)18(3)26(33)28(25(20)31)39-30-27(34)24-23(38-30)16-37-29(24)36-13-7-6-12-32/h14,17-19,21,23-24,26-30,33-34H,6-13,15-16,32H2,1-5H3/b22-14-/t18-,19-,21+,23-,24?,26-,27?,28-,29-,30-,31-/m1/s1. The maximum absolute atomic E-state index is 12.0. The summed E-state index contributed by atoms with van der Waals surface area (Å²) in [5, 5.41) is 23.4. The smallest absolute Gasteiger partial charge is 0.185 e. The number of nitrogens with two attached hydrogens (primary N) is 1. The molecule has 8 heteroatoms. The molecule has 0 bridgehead atoms. The number of hydrogen-bond donors (Lipinski definition) is 3. The molecule has 2 unspecified atom stereocenters. The average molecular weight is 550 g/mol. The van der Waals surface area contributed by atoms with Crippen LogP contribution in [0.25, 0.3) is 0 Å². The summed E-state index contributed by atoms with van der Waals surface area (Å²) in [5.74, 6) is 0.724. The van der Waals surface area contributed by atoms with Crippen molar-refractivity contribution in [2.75, 3.05) is 33.5 Å². The van der Waals surface area contributed by atoms with Gasteiger partial charge in [-0.2, -0.15) is 0 Å². The van der Waals surface area contributed by atoms with Gasteiger partial charge >= 0.3 is 0 Å². The number of hydrogen-bond acceptors (Lipinski definition) is 8. The lowest BCUT2D eigenvalue weighted by Gasteiger charge is -2.43. The molecule has 5 rings (SSSR count). The number of methoxy groups -OCH3 is 1. The van der Waals surface area contributed by atoms with Crippen molar-refractivity contribution in [2.24, 2.45) is 40.7 Å². The molecule has 0 aromatic heterocycles. The third kappa shape index (κ3) is 5.53. The molecule has 11 atom stereocenters.